The van der Waals surface area contributed by atoms with Gasteiger partial charge in [-0.1, -0.05) is 72.3 Å². The molecule has 0 radical (unpaired) electrons. The molecule has 0 spiro atoms. The Bertz CT molecular complexity index is 1050. The van der Waals surface area contributed by atoms with Crippen LogP contribution in [0.2, 0.25) is 5.02 Å². The lowest BCUT2D eigenvalue weighted by Gasteiger charge is -2.28. The van der Waals surface area contributed by atoms with Gasteiger partial charge in [-0.3, -0.25) is 4.79 Å². The number of benzene rings is 3. The minimum absolute atomic E-state index is 0.223. The number of carbonyl (C=O) groups excluding carboxylic acids is 1. The molecule has 0 aromatic heterocycles. The molecule has 1 heterocycles. The van der Waals surface area contributed by atoms with Gasteiger partial charge in [-0.2, -0.15) is 0 Å². The summed E-state index contributed by atoms with van der Waals surface area (Å²) >= 11 is 6.29. The number of carbonyl (C=O) groups is 1. The van der Waals surface area contributed by atoms with Crippen LogP contribution < -0.4 is 0 Å². The van der Waals surface area contributed by atoms with E-state index in [9.17, 15) is 14.3 Å². The number of rotatable bonds is 4. The average molecular weight is 394 g/mol. The molecule has 5 heteroatoms. The lowest BCUT2D eigenvalue weighted by Crippen LogP contribution is -2.30. The number of halogens is 2. The van der Waals surface area contributed by atoms with Crippen LogP contribution in [-0.2, 0) is 11.3 Å². The number of nitrogens with zero attached hydrogens (tertiary/aromatic N) is 1. The highest BCUT2D eigenvalue weighted by molar-refractivity contribution is 6.31. The molecule has 3 aromatic rings. The highest BCUT2D eigenvalue weighted by Crippen LogP contribution is 2.44. The van der Waals surface area contributed by atoms with Crippen molar-refractivity contribution < 1.29 is 14.3 Å². The van der Waals surface area contributed by atoms with Gasteiger partial charge in [0.05, 0.1) is 6.04 Å². The zero-order valence-corrected chi connectivity index (χ0v) is 15.6. The molecule has 1 atom stereocenters. The van der Waals surface area contributed by atoms with Crippen LogP contribution in [0.25, 0.3) is 5.57 Å². The Morgan fingerprint density at radius 2 is 1.57 bits per heavy atom. The predicted molar refractivity (Wildman–Crippen MR) is 107 cm³/mol. The van der Waals surface area contributed by atoms with Crippen LogP contribution in [0.3, 0.4) is 0 Å². The average Bonchev–Trinajstić information content (AvgIpc) is 2.96. The third-order valence-electron chi connectivity index (χ3n) is 4.87. The molecule has 1 aliphatic heterocycles. The molecule has 1 N–H and O–H groups in total. The largest absolute Gasteiger partial charge is 0.503 e. The van der Waals surface area contributed by atoms with Gasteiger partial charge in [-0.05, 0) is 34.9 Å². The fourth-order valence-electron chi connectivity index (χ4n) is 3.53. The molecule has 0 saturated carbocycles. The molecule has 1 amide bonds. The van der Waals surface area contributed by atoms with E-state index in [1.54, 1.807) is 23.1 Å². The molecule has 0 aliphatic carbocycles. The fourth-order valence-corrected chi connectivity index (χ4v) is 3.73. The SMILES string of the molecule is O=C1C(O)=C(c2ccccc2)C(c2ccc(F)cc2)N1Cc1ccccc1Cl. The molecule has 3 nitrogen and oxygen atoms in total. The summed E-state index contributed by atoms with van der Waals surface area (Å²) in [5, 5.41) is 11.2. The predicted octanol–water partition coefficient (Wildman–Crippen LogP) is 5.53. The summed E-state index contributed by atoms with van der Waals surface area (Å²) in [4.78, 5) is 14.5. The van der Waals surface area contributed by atoms with Crippen LogP contribution in [0.4, 0.5) is 4.39 Å². The molecule has 0 fully saturated rings. The Balaban J connectivity index is 1.82. The lowest BCUT2D eigenvalue weighted by atomic mass is 9.93. The van der Waals surface area contributed by atoms with Gasteiger partial charge >= 0.3 is 0 Å². The van der Waals surface area contributed by atoms with Gasteiger partial charge in [0.25, 0.3) is 5.91 Å². The first-order valence-electron chi connectivity index (χ1n) is 8.84. The fraction of sp³-hybridized carbons (Fsp3) is 0.0870. The summed E-state index contributed by atoms with van der Waals surface area (Å²) < 4.78 is 13.5. The molecule has 0 saturated heterocycles. The minimum Gasteiger partial charge on any atom is -0.503 e. The van der Waals surface area contributed by atoms with Crippen LogP contribution >= 0.6 is 11.6 Å². The minimum atomic E-state index is -0.549. The van der Waals surface area contributed by atoms with E-state index >= 15 is 0 Å². The van der Waals surface area contributed by atoms with Crippen molar-refractivity contribution in [2.24, 2.45) is 0 Å². The molecule has 4 rings (SSSR count). The van der Waals surface area contributed by atoms with E-state index < -0.39 is 11.9 Å². The van der Waals surface area contributed by atoms with Crippen LogP contribution in [0.15, 0.2) is 84.6 Å². The van der Waals surface area contributed by atoms with Crippen LogP contribution in [0.5, 0.6) is 0 Å². The number of amides is 1. The molecular weight excluding hydrogens is 377 g/mol. The van der Waals surface area contributed by atoms with Crippen molar-refractivity contribution in [1.29, 1.82) is 0 Å². The Morgan fingerprint density at radius 3 is 2.25 bits per heavy atom. The smallest absolute Gasteiger partial charge is 0.290 e. The van der Waals surface area contributed by atoms with Gasteiger partial charge in [0.15, 0.2) is 5.76 Å². The second kappa shape index (κ2) is 7.49. The van der Waals surface area contributed by atoms with Crippen LogP contribution in [0.1, 0.15) is 22.7 Å². The Kier molecular flexibility index (Phi) is 4.88. The summed E-state index contributed by atoms with van der Waals surface area (Å²) in [6.07, 6.45) is 0. The van der Waals surface area contributed by atoms with E-state index in [0.717, 1.165) is 11.1 Å². The third-order valence-corrected chi connectivity index (χ3v) is 5.24. The van der Waals surface area contributed by atoms with Gasteiger partial charge in [-0.15, -0.1) is 0 Å². The molecule has 1 unspecified atom stereocenters. The first-order chi connectivity index (χ1) is 13.6. The second-order valence-corrected chi connectivity index (χ2v) is 7.01. The van der Waals surface area contributed by atoms with Crippen molar-refractivity contribution in [2.75, 3.05) is 0 Å². The van der Waals surface area contributed by atoms with Crippen LogP contribution in [-0.4, -0.2) is 15.9 Å². The van der Waals surface area contributed by atoms with E-state index in [4.69, 9.17) is 11.6 Å². The summed E-state index contributed by atoms with van der Waals surface area (Å²) in [6, 6.07) is 21.9. The van der Waals surface area contributed by atoms with E-state index in [1.165, 1.54) is 12.1 Å². The summed E-state index contributed by atoms with van der Waals surface area (Å²) in [7, 11) is 0. The van der Waals surface area contributed by atoms with E-state index in [-0.39, 0.29) is 18.1 Å². The number of aliphatic hydroxyl groups is 1. The topological polar surface area (TPSA) is 40.5 Å². The van der Waals surface area contributed by atoms with E-state index in [0.29, 0.717) is 16.2 Å². The first kappa shape index (κ1) is 18.3. The maximum absolute atomic E-state index is 13.5. The number of hydrogen-bond acceptors (Lipinski definition) is 2. The van der Waals surface area contributed by atoms with Gasteiger partial charge in [0.2, 0.25) is 0 Å². The van der Waals surface area contributed by atoms with Gasteiger partial charge in [-0.25, -0.2) is 4.39 Å². The molecule has 140 valence electrons. The van der Waals surface area contributed by atoms with E-state index in [2.05, 4.69) is 0 Å². The quantitative estimate of drug-likeness (QED) is 0.633. The highest BCUT2D eigenvalue weighted by Gasteiger charge is 2.41. The zero-order chi connectivity index (χ0) is 19.7. The van der Waals surface area contributed by atoms with Gasteiger partial charge in [0.1, 0.15) is 5.82 Å². The summed E-state index contributed by atoms with van der Waals surface area (Å²) in [5.74, 6) is -1.14. The lowest BCUT2D eigenvalue weighted by molar-refractivity contribution is -0.130. The van der Waals surface area contributed by atoms with Crippen molar-refractivity contribution in [3.8, 4) is 0 Å². The summed E-state index contributed by atoms with van der Waals surface area (Å²) in [5.41, 5.74) is 2.73. The standard InChI is InChI=1S/C23H17ClFNO2/c24-19-9-5-4-8-17(19)14-26-21(16-10-12-18(25)13-11-16)20(22(27)23(26)28)15-6-2-1-3-7-15/h1-13,21,27H,14H2. The molecule has 28 heavy (non-hydrogen) atoms. The Hall–Kier alpha value is -3.11. The number of aliphatic hydroxyl groups excluding tert-OH is 1. The molecule has 0 bridgehead atoms. The third kappa shape index (κ3) is 3.27. The maximum Gasteiger partial charge on any atom is 0.290 e. The molecule has 3 aromatic carbocycles. The molecular formula is C23H17ClFNO2. The Morgan fingerprint density at radius 1 is 0.929 bits per heavy atom. The zero-order valence-electron chi connectivity index (χ0n) is 14.8. The molecule has 1 aliphatic rings. The summed E-state index contributed by atoms with van der Waals surface area (Å²) in [6.45, 7) is 0.223. The van der Waals surface area contributed by atoms with Crippen molar-refractivity contribution in [2.45, 2.75) is 12.6 Å². The van der Waals surface area contributed by atoms with Gasteiger partial charge in [0, 0.05) is 17.1 Å². The first-order valence-corrected chi connectivity index (χ1v) is 9.22. The normalized spacial score (nSPS) is 16.7. The highest BCUT2D eigenvalue weighted by atomic mass is 35.5. The second-order valence-electron chi connectivity index (χ2n) is 6.61. The van der Waals surface area contributed by atoms with Crippen molar-refractivity contribution in [3.05, 3.63) is 112 Å². The van der Waals surface area contributed by atoms with Crippen molar-refractivity contribution in [1.82, 2.24) is 4.90 Å². The monoisotopic (exact) mass is 393 g/mol. The van der Waals surface area contributed by atoms with Gasteiger partial charge < -0.3 is 10.0 Å². The maximum atomic E-state index is 13.5. The van der Waals surface area contributed by atoms with Crippen molar-refractivity contribution in [3.63, 3.8) is 0 Å². The van der Waals surface area contributed by atoms with Crippen LogP contribution in [0, 0.1) is 5.82 Å². The Labute approximate surface area is 167 Å². The van der Waals surface area contributed by atoms with Crippen molar-refractivity contribution >= 4 is 23.1 Å². The number of hydrogen-bond donors (Lipinski definition) is 1. The van der Waals surface area contributed by atoms with E-state index in [1.807, 2.05) is 48.5 Å².